The first kappa shape index (κ1) is 11.9. The van der Waals surface area contributed by atoms with Gasteiger partial charge in [-0.1, -0.05) is 10.2 Å². The van der Waals surface area contributed by atoms with Crippen molar-refractivity contribution in [3.8, 4) is 0 Å². The molecule has 16 heavy (non-hydrogen) atoms. The van der Waals surface area contributed by atoms with E-state index >= 15 is 0 Å². The molecule has 0 aromatic rings. The van der Waals surface area contributed by atoms with Crippen LogP contribution >= 0.6 is 0 Å². The molecule has 10 heteroatoms. The summed E-state index contributed by atoms with van der Waals surface area (Å²) in [6, 6.07) is -1.82. The van der Waals surface area contributed by atoms with Crippen LogP contribution in [0.2, 0.25) is 0 Å². The standard InChI is InChI=1S/C6H9N7O3/c7-11-9-3-1-13(6(15)16)2-4(14)5(3)10-12-8/h3-5,14H,1-2H2,(H,15,16). The minimum Gasteiger partial charge on any atom is -0.465 e. The second-order valence-corrected chi connectivity index (χ2v) is 3.22. The lowest BCUT2D eigenvalue weighted by molar-refractivity contribution is 0.0432. The van der Waals surface area contributed by atoms with E-state index in [0.717, 1.165) is 4.90 Å². The zero-order valence-corrected chi connectivity index (χ0v) is 8.08. The van der Waals surface area contributed by atoms with Gasteiger partial charge in [0.2, 0.25) is 0 Å². The van der Waals surface area contributed by atoms with Gasteiger partial charge in [-0.2, -0.15) is 0 Å². The maximum absolute atomic E-state index is 10.7. The zero-order valence-electron chi connectivity index (χ0n) is 8.08. The molecule has 3 atom stereocenters. The first-order valence-corrected chi connectivity index (χ1v) is 4.34. The Morgan fingerprint density at radius 3 is 2.44 bits per heavy atom. The highest BCUT2D eigenvalue weighted by Gasteiger charge is 2.36. The number of hydrogen-bond donors (Lipinski definition) is 2. The Bertz CT molecular complexity index is 372. The lowest BCUT2D eigenvalue weighted by atomic mass is 9.98. The van der Waals surface area contributed by atoms with Gasteiger partial charge in [-0.15, -0.1) is 0 Å². The molecule has 1 heterocycles. The van der Waals surface area contributed by atoms with Gasteiger partial charge >= 0.3 is 6.09 Å². The fourth-order valence-corrected chi connectivity index (χ4v) is 1.54. The van der Waals surface area contributed by atoms with Gasteiger partial charge < -0.3 is 15.1 Å². The number of hydrogen-bond acceptors (Lipinski definition) is 4. The number of likely N-dealkylation sites (tertiary alicyclic amines) is 1. The van der Waals surface area contributed by atoms with Crippen molar-refractivity contribution in [2.75, 3.05) is 13.1 Å². The molecular formula is C6H9N7O3. The van der Waals surface area contributed by atoms with Crippen LogP contribution in [0, 0.1) is 0 Å². The fraction of sp³-hybridized carbons (Fsp3) is 0.833. The smallest absolute Gasteiger partial charge is 0.407 e. The number of nitrogens with zero attached hydrogens (tertiary/aromatic N) is 7. The number of azide groups is 2. The Morgan fingerprint density at radius 1 is 1.31 bits per heavy atom. The number of rotatable bonds is 2. The van der Waals surface area contributed by atoms with E-state index in [1.54, 1.807) is 0 Å². The summed E-state index contributed by atoms with van der Waals surface area (Å²) in [5.41, 5.74) is 16.6. The molecule has 86 valence electrons. The highest BCUT2D eigenvalue weighted by atomic mass is 16.4. The molecular weight excluding hydrogens is 218 g/mol. The Labute approximate surface area is 89.3 Å². The second-order valence-electron chi connectivity index (χ2n) is 3.22. The normalized spacial score (nSPS) is 28.8. The lowest BCUT2D eigenvalue weighted by Gasteiger charge is -2.36. The van der Waals surface area contributed by atoms with Gasteiger partial charge in [0.05, 0.1) is 24.7 Å². The van der Waals surface area contributed by atoms with E-state index in [2.05, 4.69) is 20.1 Å². The van der Waals surface area contributed by atoms with Gasteiger partial charge in [0.25, 0.3) is 0 Å². The summed E-state index contributed by atoms with van der Waals surface area (Å²) in [5, 5.41) is 24.9. The molecule has 1 rings (SSSR count). The first-order valence-electron chi connectivity index (χ1n) is 4.34. The average molecular weight is 227 g/mol. The second kappa shape index (κ2) is 5.08. The summed E-state index contributed by atoms with van der Waals surface area (Å²) in [6.07, 6.45) is -2.40. The summed E-state index contributed by atoms with van der Waals surface area (Å²) < 4.78 is 0. The van der Waals surface area contributed by atoms with Crippen LogP contribution in [-0.2, 0) is 0 Å². The fourth-order valence-electron chi connectivity index (χ4n) is 1.54. The van der Waals surface area contributed by atoms with Crippen LogP contribution in [-0.4, -0.2) is 52.5 Å². The van der Waals surface area contributed by atoms with Crippen LogP contribution in [0.25, 0.3) is 20.9 Å². The molecule has 3 unspecified atom stereocenters. The van der Waals surface area contributed by atoms with E-state index in [9.17, 15) is 9.90 Å². The number of aliphatic hydroxyl groups excluding tert-OH is 1. The third-order valence-corrected chi connectivity index (χ3v) is 2.26. The lowest BCUT2D eigenvalue weighted by Crippen LogP contribution is -2.55. The summed E-state index contributed by atoms with van der Waals surface area (Å²) in [6.45, 7) is -0.267. The highest BCUT2D eigenvalue weighted by Crippen LogP contribution is 2.18. The molecule has 0 aliphatic carbocycles. The Kier molecular flexibility index (Phi) is 3.78. The van der Waals surface area contributed by atoms with Crippen molar-refractivity contribution in [3.05, 3.63) is 20.9 Å². The third-order valence-electron chi connectivity index (χ3n) is 2.26. The maximum atomic E-state index is 10.7. The molecule has 0 bridgehead atoms. The van der Waals surface area contributed by atoms with Gasteiger partial charge in [0.15, 0.2) is 0 Å². The van der Waals surface area contributed by atoms with Gasteiger partial charge in [-0.05, 0) is 11.1 Å². The van der Waals surface area contributed by atoms with Crippen molar-refractivity contribution in [1.82, 2.24) is 4.90 Å². The quantitative estimate of drug-likeness (QED) is 0.404. The monoisotopic (exact) mass is 227 g/mol. The van der Waals surface area contributed by atoms with Crippen molar-refractivity contribution in [2.24, 2.45) is 10.2 Å². The van der Waals surface area contributed by atoms with Crippen molar-refractivity contribution in [3.63, 3.8) is 0 Å². The van der Waals surface area contributed by atoms with Crippen molar-refractivity contribution < 1.29 is 15.0 Å². The van der Waals surface area contributed by atoms with Crippen LogP contribution in [0.15, 0.2) is 10.2 Å². The molecule has 0 aromatic carbocycles. The molecule has 1 aliphatic heterocycles. The minimum atomic E-state index is -1.23. The molecule has 0 aromatic heterocycles. The summed E-state index contributed by atoms with van der Waals surface area (Å²) >= 11 is 0. The Balaban J connectivity index is 2.92. The SMILES string of the molecule is [N-]=[N+]=NC1CN(C(=O)O)CC(O)C1N=[N+]=[N-]. The highest BCUT2D eigenvalue weighted by molar-refractivity contribution is 5.65. The molecule has 10 nitrogen and oxygen atoms in total. The maximum Gasteiger partial charge on any atom is 0.407 e. The predicted octanol–water partition coefficient (Wildman–Crippen LogP) is 0.699. The molecule has 1 aliphatic rings. The summed E-state index contributed by atoms with van der Waals surface area (Å²) in [7, 11) is 0. The Hall–Kier alpha value is -2.15. The number of amides is 1. The van der Waals surface area contributed by atoms with Crippen LogP contribution in [0.4, 0.5) is 4.79 Å². The van der Waals surface area contributed by atoms with E-state index in [-0.39, 0.29) is 13.1 Å². The largest absolute Gasteiger partial charge is 0.465 e. The molecule has 0 radical (unpaired) electrons. The average Bonchev–Trinajstić information content (AvgIpc) is 2.23. The first-order chi connectivity index (χ1) is 7.60. The topological polar surface area (TPSA) is 158 Å². The zero-order chi connectivity index (χ0) is 12.1. The van der Waals surface area contributed by atoms with E-state index in [4.69, 9.17) is 16.2 Å². The van der Waals surface area contributed by atoms with E-state index < -0.39 is 24.3 Å². The molecule has 0 saturated carbocycles. The van der Waals surface area contributed by atoms with Crippen molar-refractivity contribution in [1.29, 1.82) is 0 Å². The number of β-amino-alcohol motifs (C(OH)–C–C–N with tert-alkyl or cyclic N) is 1. The van der Waals surface area contributed by atoms with Crippen LogP contribution in [0.5, 0.6) is 0 Å². The van der Waals surface area contributed by atoms with Gasteiger partial charge in [-0.3, -0.25) is 0 Å². The predicted molar refractivity (Wildman–Crippen MR) is 51.5 cm³/mol. The number of aliphatic hydroxyl groups is 1. The van der Waals surface area contributed by atoms with E-state index in [1.165, 1.54) is 0 Å². The van der Waals surface area contributed by atoms with Gasteiger partial charge in [-0.25, -0.2) is 4.79 Å². The van der Waals surface area contributed by atoms with Gasteiger partial charge in [0, 0.05) is 16.4 Å². The molecule has 2 N–H and O–H groups in total. The van der Waals surface area contributed by atoms with Crippen molar-refractivity contribution >= 4 is 6.09 Å². The summed E-state index contributed by atoms with van der Waals surface area (Å²) in [5.74, 6) is 0. The number of carboxylic acid groups (broad SMARTS) is 1. The van der Waals surface area contributed by atoms with E-state index in [1.807, 2.05) is 0 Å². The van der Waals surface area contributed by atoms with Crippen LogP contribution < -0.4 is 0 Å². The molecule has 1 fully saturated rings. The number of carbonyl (C=O) groups is 1. The van der Waals surface area contributed by atoms with Gasteiger partial charge in [0.1, 0.15) is 0 Å². The molecule has 1 saturated heterocycles. The third kappa shape index (κ3) is 2.45. The minimum absolute atomic E-state index is 0.0971. The van der Waals surface area contributed by atoms with Crippen molar-refractivity contribution in [2.45, 2.75) is 18.2 Å². The van der Waals surface area contributed by atoms with Crippen LogP contribution in [0.3, 0.4) is 0 Å². The van der Waals surface area contributed by atoms with E-state index in [0.29, 0.717) is 0 Å². The molecule has 1 amide bonds. The van der Waals surface area contributed by atoms with Crippen LogP contribution in [0.1, 0.15) is 0 Å². The molecule has 0 spiro atoms. The summed E-state index contributed by atoms with van der Waals surface area (Å²) in [4.78, 5) is 16.7. The Morgan fingerprint density at radius 2 is 1.94 bits per heavy atom. The number of piperidine rings is 1.